The van der Waals surface area contributed by atoms with Gasteiger partial charge in [0.2, 0.25) is 0 Å². The molecule has 4 heteroatoms. The van der Waals surface area contributed by atoms with Crippen molar-refractivity contribution in [2.45, 2.75) is 38.4 Å². The van der Waals surface area contributed by atoms with Crippen LogP contribution in [0.5, 0.6) is 11.5 Å². The summed E-state index contributed by atoms with van der Waals surface area (Å²) in [4.78, 5) is 0. The Morgan fingerprint density at radius 2 is 2.00 bits per heavy atom. The molecular weight excluding hydrogens is 240 g/mol. The molecule has 2 rings (SSSR count). The lowest BCUT2D eigenvalue weighted by atomic mass is 9.98. The number of methoxy groups -OCH3 is 1. The van der Waals surface area contributed by atoms with E-state index in [9.17, 15) is 5.11 Å². The molecule has 1 N–H and O–H groups in total. The molecule has 94 valence electrons. The third-order valence-corrected chi connectivity index (χ3v) is 3.03. The summed E-state index contributed by atoms with van der Waals surface area (Å²) in [5.74, 6) is 1.14. The number of rotatable bonds is 4. The normalized spacial score (nSPS) is 15.8. The van der Waals surface area contributed by atoms with Gasteiger partial charge < -0.3 is 14.6 Å². The molecule has 1 aromatic rings. The second kappa shape index (κ2) is 4.39. The SMILES string of the molecule is COc1cc(C(C)(C)O)cc(Cl)c1OC1CC1. The second-order valence-electron chi connectivity index (χ2n) is 4.87. The summed E-state index contributed by atoms with van der Waals surface area (Å²) in [6.07, 6.45) is 2.38. The number of hydrogen-bond acceptors (Lipinski definition) is 3. The summed E-state index contributed by atoms with van der Waals surface area (Å²) in [5, 5.41) is 10.4. The van der Waals surface area contributed by atoms with Gasteiger partial charge in [-0.25, -0.2) is 0 Å². The summed E-state index contributed by atoms with van der Waals surface area (Å²) in [6, 6.07) is 3.49. The van der Waals surface area contributed by atoms with Crippen molar-refractivity contribution in [3.63, 3.8) is 0 Å². The summed E-state index contributed by atoms with van der Waals surface area (Å²) < 4.78 is 11.0. The second-order valence-corrected chi connectivity index (χ2v) is 5.27. The van der Waals surface area contributed by atoms with Gasteiger partial charge in [-0.05, 0) is 44.4 Å². The van der Waals surface area contributed by atoms with Crippen molar-refractivity contribution in [3.8, 4) is 11.5 Å². The van der Waals surface area contributed by atoms with Crippen molar-refractivity contribution in [3.05, 3.63) is 22.7 Å². The maximum Gasteiger partial charge on any atom is 0.180 e. The molecule has 0 bridgehead atoms. The van der Waals surface area contributed by atoms with Crippen LogP contribution in [0.25, 0.3) is 0 Å². The molecule has 0 heterocycles. The lowest BCUT2D eigenvalue weighted by molar-refractivity contribution is 0.0782. The average molecular weight is 257 g/mol. The fourth-order valence-electron chi connectivity index (χ4n) is 1.54. The topological polar surface area (TPSA) is 38.7 Å². The molecule has 1 fully saturated rings. The predicted octanol–water partition coefficient (Wildman–Crippen LogP) is 3.12. The maximum absolute atomic E-state index is 9.96. The summed E-state index contributed by atoms with van der Waals surface area (Å²) >= 11 is 6.18. The van der Waals surface area contributed by atoms with Crippen LogP contribution in [-0.2, 0) is 5.60 Å². The molecule has 1 aliphatic carbocycles. The van der Waals surface area contributed by atoms with Crippen LogP contribution in [-0.4, -0.2) is 18.3 Å². The smallest absolute Gasteiger partial charge is 0.180 e. The fourth-order valence-corrected chi connectivity index (χ4v) is 1.80. The van der Waals surface area contributed by atoms with Gasteiger partial charge in [0.15, 0.2) is 11.5 Å². The number of aliphatic hydroxyl groups is 1. The van der Waals surface area contributed by atoms with E-state index in [2.05, 4.69) is 0 Å². The lowest BCUT2D eigenvalue weighted by Gasteiger charge is -2.21. The van der Waals surface area contributed by atoms with Crippen LogP contribution < -0.4 is 9.47 Å². The van der Waals surface area contributed by atoms with Crippen molar-refractivity contribution in [1.82, 2.24) is 0 Å². The van der Waals surface area contributed by atoms with E-state index in [1.807, 2.05) is 0 Å². The van der Waals surface area contributed by atoms with Crippen LogP contribution in [0.15, 0.2) is 12.1 Å². The zero-order valence-electron chi connectivity index (χ0n) is 10.3. The average Bonchev–Trinajstić information content (AvgIpc) is 3.03. The van der Waals surface area contributed by atoms with E-state index in [0.717, 1.165) is 12.8 Å². The van der Waals surface area contributed by atoms with Crippen molar-refractivity contribution in [2.75, 3.05) is 7.11 Å². The fraction of sp³-hybridized carbons (Fsp3) is 0.538. The highest BCUT2D eigenvalue weighted by molar-refractivity contribution is 6.32. The Morgan fingerprint density at radius 3 is 2.47 bits per heavy atom. The van der Waals surface area contributed by atoms with Gasteiger partial charge in [-0.2, -0.15) is 0 Å². The van der Waals surface area contributed by atoms with Crippen molar-refractivity contribution in [1.29, 1.82) is 0 Å². The van der Waals surface area contributed by atoms with E-state index in [1.54, 1.807) is 33.1 Å². The lowest BCUT2D eigenvalue weighted by Crippen LogP contribution is -2.15. The van der Waals surface area contributed by atoms with E-state index in [4.69, 9.17) is 21.1 Å². The van der Waals surface area contributed by atoms with Crippen LogP contribution in [0, 0.1) is 0 Å². The maximum atomic E-state index is 9.96. The van der Waals surface area contributed by atoms with Gasteiger partial charge in [0.25, 0.3) is 0 Å². The van der Waals surface area contributed by atoms with E-state index in [0.29, 0.717) is 22.1 Å². The van der Waals surface area contributed by atoms with Crippen LogP contribution in [0.4, 0.5) is 0 Å². The number of benzene rings is 1. The Bertz CT molecular complexity index is 419. The standard InChI is InChI=1S/C13H17ClO3/c1-13(2,15)8-6-10(14)12(11(7-8)16-3)17-9-4-5-9/h6-7,9,15H,4-5H2,1-3H3. The summed E-state index contributed by atoms with van der Waals surface area (Å²) in [6.45, 7) is 3.42. The molecule has 0 aliphatic heterocycles. The first-order valence-electron chi connectivity index (χ1n) is 5.69. The molecule has 1 saturated carbocycles. The highest BCUT2D eigenvalue weighted by Gasteiger charge is 2.27. The molecule has 1 aromatic carbocycles. The predicted molar refractivity (Wildman–Crippen MR) is 66.9 cm³/mol. The summed E-state index contributed by atoms with van der Waals surface area (Å²) in [7, 11) is 1.57. The van der Waals surface area contributed by atoms with E-state index < -0.39 is 5.60 Å². The molecule has 3 nitrogen and oxygen atoms in total. The van der Waals surface area contributed by atoms with E-state index in [-0.39, 0.29) is 6.10 Å². The third kappa shape index (κ3) is 2.85. The molecule has 0 aromatic heterocycles. The molecule has 17 heavy (non-hydrogen) atoms. The molecule has 0 atom stereocenters. The van der Waals surface area contributed by atoms with Crippen LogP contribution in [0.2, 0.25) is 5.02 Å². The van der Waals surface area contributed by atoms with Gasteiger partial charge in [-0.15, -0.1) is 0 Å². The Balaban J connectivity index is 2.39. The molecule has 1 aliphatic rings. The molecule has 0 amide bonds. The minimum absolute atomic E-state index is 0.259. The van der Waals surface area contributed by atoms with E-state index >= 15 is 0 Å². The van der Waals surface area contributed by atoms with Crippen molar-refractivity contribution in [2.24, 2.45) is 0 Å². The first-order chi connectivity index (χ1) is 7.91. The third-order valence-electron chi connectivity index (χ3n) is 2.74. The molecule has 0 radical (unpaired) electrons. The van der Waals surface area contributed by atoms with Gasteiger partial charge in [0.1, 0.15) is 0 Å². The highest BCUT2D eigenvalue weighted by Crippen LogP contribution is 2.41. The summed E-state index contributed by atoms with van der Waals surface area (Å²) in [5.41, 5.74) is -0.239. The molecule has 0 spiro atoms. The van der Waals surface area contributed by atoms with Gasteiger partial charge in [-0.1, -0.05) is 11.6 Å². The van der Waals surface area contributed by atoms with Crippen LogP contribution in [0.1, 0.15) is 32.3 Å². The number of ether oxygens (including phenoxy) is 2. The minimum Gasteiger partial charge on any atom is -0.493 e. The largest absolute Gasteiger partial charge is 0.493 e. The monoisotopic (exact) mass is 256 g/mol. The van der Waals surface area contributed by atoms with Gasteiger partial charge in [0, 0.05) is 0 Å². The Labute approximate surface area is 106 Å². The van der Waals surface area contributed by atoms with Crippen molar-refractivity contribution < 1.29 is 14.6 Å². The highest BCUT2D eigenvalue weighted by atomic mass is 35.5. The van der Waals surface area contributed by atoms with Gasteiger partial charge in [0.05, 0.1) is 23.8 Å². The Hall–Kier alpha value is -0.930. The van der Waals surface area contributed by atoms with Gasteiger partial charge >= 0.3 is 0 Å². The zero-order chi connectivity index (χ0) is 12.6. The Kier molecular flexibility index (Phi) is 3.23. The Morgan fingerprint density at radius 1 is 1.35 bits per heavy atom. The van der Waals surface area contributed by atoms with Crippen LogP contribution >= 0.6 is 11.6 Å². The first kappa shape index (κ1) is 12.5. The minimum atomic E-state index is -0.949. The van der Waals surface area contributed by atoms with Crippen molar-refractivity contribution >= 4 is 11.6 Å². The molecular formula is C13H17ClO3. The first-order valence-corrected chi connectivity index (χ1v) is 6.06. The van der Waals surface area contributed by atoms with Gasteiger partial charge in [-0.3, -0.25) is 0 Å². The van der Waals surface area contributed by atoms with E-state index in [1.165, 1.54) is 0 Å². The zero-order valence-corrected chi connectivity index (χ0v) is 11.0. The molecule has 0 unspecified atom stereocenters. The molecule has 0 saturated heterocycles. The van der Waals surface area contributed by atoms with Crippen LogP contribution in [0.3, 0.4) is 0 Å². The number of halogens is 1. The quantitative estimate of drug-likeness (QED) is 0.900. The number of hydrogen-bond donors (Lipinski definition) is 1.